The van der Waals surface area contributed by atoms with E-state index in [0.29, 0.717) is 17.5 Å². The van der Waals surface area contributed by atoms with Crippen LogP contribution in [0.1, 0.15) is 67.2 Å². The number of aliphatic imine (C=N–C) groups is 1. The van der Waals surface area contributed by atoms with Crippen LogP contribution in [0, 0.1) is 6.92 Å². The third-order valence-electron chi connectivity index (χ3n) is 6.64. The van der Waals surface area contributed by atoms with Crippen LogP contribution in [0.15, 0.2) is 83.4 Å². The fraction of sp³-hybridized carbons (Fsp3) is 0.333. The normalized spacial score (nSPS) is 13.2. The van der Waals surface area contributed by atoms with Crippen LogP contribution in [0.25, 0.3) is 22.7 Å². The summed E-state index contributed by atoms with van der Waals surface area (Å²) in [5.41, 5.74) is 5.19. The highest BCUT2D eigenvalue weighted by Crippen LogP contribution is 2.30. The first-order chi connectivity index (χ1) is 20.1. The molecule has 0 bridgehead atoms. The summed E-state index contributed by atoms with van der Waals surface area (Å²) in [5, 5.41) is 8.05. The molecule has 0 aliphatic rings. The molecule has 4 rings (SSSR count). The number of hydrogen-bond acceptors (Lipinski definition) is 6. The van der Waals surface area contributed by atoms with Crippen LogP contribution in [-0.4, -0.2) is 43.6 Å². The molecule has 0 saturated heterocycles. The number of nitrogens with zero attached hydrogens (tertiary/aromatic N) is 6. The van der Waals surface area contributed by atoms with Gasteiger partial charge in [0, 0.05) is 18.7 Å². The van der Waals surface area contributed by atoms with Crippen LogP contribution in [-0.2, 0) is 0 Å². The van der Waals surface area contributed by atoms with Gasteiger partial charge in [-0.15, -0.1) is 0 Å². The van der Waals surface area contributed by atoms with E-state index in [1.165, 1.54) is 6.92 Å². The zero-order valence-electron chi connectivity index (χ0n) is 24.8. The Bertz CT molecular complexity index is 1650. The summed E-state index contributed by atoms with van der Waals surface area (Å²) in [5.74, 6) is 1.87. The molecule has 0 radical (unpaired) electrons. The average molecular weight is 592 g/mol. The van der Waals surface area contributed by atoms with E-state index in [0.717, 1.165) is 40.1 Å². The van der Waals surface area contributed by atoms with E-state index in [-0.39, 0.29) is 20.5 Å². The van der Waals surface area contributed by atoms with Gasteiger partial charge in [-0.25, -0.2) is 28.4 Å². The Labute approximate surface area is 254 Å². The predicted octanol–water partition coefficient (Wildman–Crippen LogP) is 8.82. The smallest absolute Gasteiger partial charge is 0.274 e. The van der Waals surface area contributed by atoms with E-state index in [4.69, 9.17) is 14.8 Å². The van der Waals surface area contributed by atoms with Crippen molar-refractivity contribution in [2.45, 2.75) is 73.8 Å². The maximum absolute atomic E-state index is 13.4. The first-order valence-electron chi connectivity index (χ1n) is 13.8. The summed E-state index contributed by atoms with van der Waals surface area (Å²) in [4.78, 5) is 13.5. The number of halogens is 2. The third-order valence-corrected chi connectivity index (χ3v) is 6.64. The minimum atomic E-state index is -2.65. The standard InChI is InChI=1S/C32H37F2N7O.CH4.H2/c1-8-9-10-21(4)25-17-22(5)41(39-25)32-28(42-23(6)31(33)34)14-16-30(38-32)40-19-36-26-18-24(12-13-27(26)40)37-29(35-7)15-11-20(2)3;;/h8-9,11-19,21,23,31,37H,7,10H2,1-6H3;1H4;1H/b9-8-,29-15+;;. The molecule has 3 aromatic heterocycles. The lowest BCUT2D eigenvalue weighted by molar-refractivity contribution is 0.0223. The molecule has 10 heteroatoms. The fourth-order valence-electron chi connectivity index (χ4n) is 4.27. The number of hydrogen-bond donors (Lipinski definition) is 1. The maximum atomic E-state index is 13.4. The Kier molecular flexibility index (Phi) is 11.1. The summed E-state index contributed by atoms with van der Waals surface area (Å²) in [7, 11) is 0. The molecular weight excluding hydrogens is 548 g/mol. The minimum absolute atomic E-state index is 0. The molecule has 0 aliphatic heterocycles. The van der Waals surface area contributed by atoms with Crippen molar-refractivity contribution in [3.8, 4) is 17.4 Å². The van der Waals surface area contributed by atoms with E-state index < -0.39 is 12.5 Å². The minimum Gasteiger partial charge on any atom is -0.481 e. The molecule has 43 heavy (non-hydrogen) atoms. The zero-order valence-corrected chi connectivity index (χ0v) is 24.8. The third kappa shape index (κ3) is 7.82. The van der Waals surface area contributed by atoms with Crippen LogP contribution in [0.5, 0.6) is 5.75 Å². The molecule has 1 aromatic carbocycles. The lowest BCUT2D eigenvalue weighted by Crippen LogP contribution is -2.22. The lowest BCUT2D eigenvalue weighted by Gasteiger charge is -2.18. The number of nitrogens with one attached hydrogen (secondary N) is 1. The number of aromatic nitrogens is 5. The van der Waals surface area contributed by atoms with Crippen LogP contribution >= 0.6 is 0 Å². The van der Waals surface area contributed by atoms with Gasteiger partial charge in [-0.1, -0.05) is 38.2 Å². The molecule has 2 atom stereocenters. The molecule has 0 fully saturated rings. The second-order valence-corrected chi connectivity index (χ2v) is 10.4. The van der Waals surface area contributed by atoms with Crippen LogP contribution in [0.2, 0.25) is 0 Å². The van der Waals surface area contributed by atoms with E-state index in [9.17, 15) is 8.78 Å². The van der Waals surface area contributed by atoms with Crippen molar-refractivity contribution in [1.29, 1.82) is 0 Å². The van der Waals surface area contributed by atoms with Crippen LogP contribution in [0.3, 0.4) is 0 Å². The van der Waals surface area contributed by atoms with Crippen molar-refractivity contribution in [3.63, 3.8) is 0 Å². The van der Waals surface area contributed by atoms with Crippen LogP contribution in [0.4, 0.5) is 14.5 Å². The molecule has 0 spiro atoms. The van der Waals surface area contributed by atoms with Crippen molar-refractivity contribution in [2.24, 2.45) is 4.99 Å². The van der Waals surface area contributed by atoms with E-state index in [1.807, 2.05) is 74.8 Å². The van der Waals surface area contributed by atoms with Gasteiger partial charge in [-0.3, -0.25) is 4.57 Å². The number of anilines is 1. The Hall–Kier alpha value is -4.60. The van der Waals surface area contributed by atoms with Gasteiger partial charge in [0.1, 0.15) is 18.0 Å². The lowest BCUT2D eigenvalue weighted by atomic mass is 10.0. The maximum Gasteiger partial charge on any atom is 0.274 e. The van der Waals surface area contributed by atoms with Gasteiger partial charge in [-0.05, 0) is 90.2 Å². The van der Waals surface area contributed by atoms with Gasteiger partial charge >= 0.3 is 0 Å². The molecule has 3 heterocycles. The molecular formula is C33H43F2N7O. The summed E-state index contributed by atoms with van der Waals surface area (Å²) < 4.78 is 36.0. The van der Waals surface area contributed by atoms with Gasteiger partial charge in [0.05, 0.1) is 16.7 Å². The van der Waals surface area contributed by atoms with Crippen molar-refractivity contribution in [3.05, 3.63) is 89.8 Å². The Morgan fingerprint density at radius 2 is 1.93 bits per heavy atom. The highest BCUT2D eigenvalue weighted by molar-refractivity contribution is 5.81. The highest BCUT2D eigenvalue weighted by atomic mass is 19.3. The number of allylic oxidation sites excluding steroid dienone is 5. The first kappa shape index (κ1) is 32.9. The first-order valence-corrected chi connectivity index (χ1v) is 13.8. The monoisotopic (exact) mass is 591 g/mol. The fourth-order valence-corrected chi connectivity index (χ4v) is 4.27. The van der Waals surface area contributed by atoms with Gasteiger partial charge in [0.2, 0.25) is 0 Å². The molecule has 230 valence electrons. The predicted molar refractivity (Wildman–Crippen MR) is 174 cm³/mol. The largest absolute Gasteiger partial charge is 0.481 e. The van der Waals surface area contributed by atoms with Crippen molar-refractivity contribution in [2.75, 3.05) is 5.32 Å². The number of fused-ring (bicyclic) bond motifs is 1. The highest BCUT2D eigenvalue weighted by Gasteiger charge is 2.22. The van der Waals surface area contributed by atoms with E-state index in [1.54, 1.807) is 23.1 Å². The number of pyridine rings is 1. The summed E-state index contributed by atoms with van der Waals surface area (Å²) in [6.45, 7) is 15.0. The Morgan fingerprint density at radius 3 is 2.60 bits per heavy atom. The van der Waals surface area contributed by atoms with Crippen molar-refractivity contribution >= 4 is 23.4 Å². The summed E-state index contributed by atoms with van der Waals surface area (Å²) >= 11 is 0. The number of alkyl halides is 2. The van der Waals surface area contributed by atoms with E-state index >= 15 is 0 Å². The average Bonchev–Trinajstić information content (AvgIpc) is 3.57. The number of imidazole rings is 1. The number of rotatable bonds is 12. The summed E-state index contributed by atoms with van der Waals surface area (Å²) in [6.07, 6.45) is 6.45. The second kappa shape index (κ2) is 14.5. The molecule has 0 saturated carbocycles. The second-order valence-electron chi connectivity index (χ2n) is 10.4. The van der Waals surface area contributed by atoms with Crippen molar-refractivity contribution < 1.29 is 14.9 Å². The van der Waals surface area contributed by atoms with Gasteiger partial charge < -0.3 is 10.1 Å². The van der Waals surface area contributed by atoms with Gasteiger partial charge in [0.15, 0.2) is 17.7 Å². The Morgan fingerprint density at radius 1 is 1.16 bits per heavy atom. The number of benzene rings is 1. The molecule has 1 N–H and O–H groups in total. The van der Waals surface area contributed by atoms with Crippen molar-refractivity contribution in [1.82, 2.24) is 24.3 Å². The topological polar surface area (TPSA) is 82.1 Å². The van der Waals surface area contributed by atoms with Gasteiger partial charge in [0.25, 0.3) is 6.43 Å². The molecule has 8 nitrogen and oxygen atoms in total. The molecule has 4 aromatic rings. The summed E-state index contributed by atoms with van der Waals surface area (Å²) in [6, 6.07) is 11.1. The molecule has 0 amide bonds. The molecule has 0 aliphatic carbocycles. The zero-order chi connectivity index (χ0) is 30.4. The Balaban J connectivity index is 0.00000337. The molecule has 2 unspecified atom stereocenters. The van der Waals surface area contributed by atoms with Crippen LogP contribution < -0.4 is 10.1 Å². The SMILES string of the molecule is C.C=N/C(=C\C=C(C)C)Nc1ccc2c(c1)ncn2-c1ccc(OC(C)C(F)F)c(-n2nc(C(C)C/C=C\C)cc2C)n1.[HH]. The number of ether oxygens (including phenoxy) is 1. The number of aryl methyl sites for hydroxylation is 1. The van der Waals surface area contributed by atoms with Gasteiger partial charge in [-0.2, -0.15) is 5.10 Å². The van der Waals surface area contributed by atoms with E-state index in [2.05, 4.69) is 35.0 Å². The quantitative estimate of drug-likeness (QED) is 0.101.